The van der Waals surface area contributed by atoms with E-state index >= 15 is 0 Å². The normalized spacial score (nSPS) is 10.9. The molecule has 0 aliphatic rings. The number of nitrogens with two attached hydrogens (primary N) is 1. The molecule has 3 heterocycles. The lowest BCUT2D eigenvalue weighted by molar-refractivity contribution is 0.100. The topological polar surface area (TPSA) is 111 Å². The lowest BCUT2D eigenvalue weighted by Gasteiger charge is -2.10. The number of anilines is 1. The molecule has 3 aromatic heterocycles. The maximum atomic E-state index is 13.0. The molecule has 0 saturated carbocycles. The van der Waals surface area contributed by atoms with E-state index in [1.165, 1.54) is 11.3 Å². The third-order valence-corrected chi connectivity index (χ3v) is 4.97. The van der Waals surface area contributed by atoms with Crippen LogP contribution in [0.2, 0.25) is 0 Å². The number of aryl methyl sites for hydroxylation is 1. The van der Waals surface area contributed by atoms with Crippen molar-refractivity contribution >= 4 is 39.9 Å². The summed E-state index contributed by atoms with van der Waals surface area (Å²) in [6, 6.07) is 12.1. The van der Waals surface area contributed by atoms with E-state index < -0.39 is 11.8 Å². The van der Waals surface area contributed by atoms with Crippen LogP contribution in [0.4, 0.5) is 5.69 Å². The van der Waals surface area contributed by atoms with Crippen molar-refractivity contribution in [2.75, 3.05) is 5.32 Å². The van der Waals surface area contributed by atoms with Gasteiger partial charge in [0.2, 0.25) is 0 Å². The first-order valence-corrected chi connectivity index (χ1v) is 8.93. The number of primary amides is 1. The summed E-state index contributed by atoms with van der Waals surface area (Å²) in [6.07, 6.45) is 0. The summed E-state index contributed by atoms with van der Waals surface area (Å²) in [5, 5.41) is 9.14. The molecule has 3 N–H and O–H groups in total. The molecule has 134 valence electrons. The van der Waals surface area contributed by atoms with Crippen molar-refractivity contribution in [1.29, 1.82) is 0 Å². The van der Waals surface area contributed by atoms with Crippen LogP contribution in [-0.2, 0) is 0 Å². The first kappa shape index (κ1) is 16.9. The minimum atomic E-state index is -0.619. The summed E-state index contributed by atoms with van der Waals surface area (Å²) in [4.78, 5) is 30.0. The Kier molecular flexibility index (Phi) is 4.17. The predicted octanol–water partition coefficient (Wildman–Crippen LogP) is 3.61. The highest BCUT2D eigenvalue weighted by molar-refractivity contribution is 7.13. The molecular formula is C19H14N4O3S. The first-order valence-electron chi connectivity index (χ1n) is 8.05. The van der Waals surface area contributed by atoms with Crippen LogP contribution < -0.4 is 11.1 Å². The SMILES string of the molecule is Cc1noc2nc(-c3cccs3)cc(C(=O)Nc3ccccc3C(N)=O)c12. The van der Waals surface area contributed by atoms with Crippen LogP contribution >= 0.6 is 11.3 Å². The van der Waals surface area contributed by atoms with Crippen LogP contribution in [0, 0.1) is 6.92 Å². The molecule has 0 unspecified atom stereocenters. The van der Waals surface area contributed by atoms with Crippen LogP contribution in [0.3, 0.4) is 0 Å². The summed E-state index contributed by atoms with van der Waals surface area (Å²) >= 11 is 1.50. The van der Waals surface area contributed by atoms with Gasteiger partial charge in [-0.2, -0.15) is 0 Å². The number of benzene rings is 1. The predicted molar refractivity (Wildman–Crippen MR) is 103 cm³/mol. The smallest absolute Gasteiger partial charge is 0.259 e. The van der Waals surface area contributed by atoms with Crippen LogP contribution in [0.5, 0.6) is 0 Å². The van der Waals surface area contributed by atoms with Crippen LogP contribution in [0.15, 0.2) is 52.4 Å². The Balaban J connectivity index is 1.82. The van der Waals surface area contributed by atoms with Crippen molar-refractivity contribution in [3.8, 4) is 10.6 Å². The van der Waals surface area contributed by atoms with E-state index in [4.69, 9.17) is 10.3 Å². The first-order chi connectivity index (χ1) is 13.0. The van der Waals surface area contributed by atoms with Gasteiger partial charge in [0.1, 0.15) is 0 Å². The van der Waals surface area contributed by atoms with E-state index in [-0.39, 0.29) is 11.3 Å². The van der Waals surface area contributed by atoms with Crippen LogP contribution in [-0.4, -0.2) is 22.0 Å². The number of fused-ring (bicyclic) bond motifs is 1. The fourth-order valence-electron chi connectivity index (χ4n) is 2.82. The van der Waals surface area contributed by atoms with Crippen molar-refractivity contribution in [2.45, 2.75) is 6.92 Å². The molecule has 8 heteroatoms. The van der Waals surface area contributed by atoms with Gasteiger partial charge in [-0.05, 0) is 36.6 Å². The highest BCUT2D eigenvalue weighted by Crippen LogP contribution is 2.30. The molecule has 0 atom stereocenters. The number of carbonyl (C=O) groups is 2. The maximum absolute atomic E-state index is 13.0. The van der Waals surface area contributed by atoms with E-state index in [9.17, 15) is 9.59 Å². The Morgan fingerprint density at radius 3 is 2.70 bits per heavy atom. The third-order valence-electron chi connectivity index (χ3n) is 4.08. The average Bonchev–Trinajstić information content (AvgIpc) is 3.31. The van der Waals surface area contributed by atoms with Gasteiger partial charge in [0.15, 0.2) is 0 Å². The number of hydrogen-bond acceptors (Lipinski definition) is 6. The fraction of sp³-hybridized carbons (Fsp3) is 0.0526. The molecule has 0 aliphatic carbocycles. The largest absolute Gasteiger partial charge is 0.366 e. The molecule has 4 rings (SSSR count). The molecular weight excluding hydrogens is 364 g/mol. The standard InChI is InChI=1S/C19H14N4O3S/c1-10-16-12(18(25)21-13-6-3-2-5-11(13)17(20)24)9-14(15-7-4-8-27-15)22-19(16)26-23-10/h2-9H,1H3,(H2,20,24)(H,21,25). The third kappa shape index (κ3) is 3.06. The molecule has 7 nitrogen and oxygen atoms in total. The van der Waals surface area contributed by atoms with E-state index in [0.717, 1.165) is 4.88 Å². The maximum Gasteiger partial charge on any atom is 0.259 e. The van der Waals surface area contributed by atoms with Crippen LogP contribution in [0.1, 0.15) is 26.4 Å². The summed E-state index contributed by atoms with van der Waals surface area (Å²) < 4.78 is 5.28. The Hall–Kier alpha value is -3.52. The van der Waals surface area contributed by atoms with Gasteiger partial charge in [-0.25, -0.2) is 4.98 Å². The number of nitrogens with one attached hydrogen (secondary N) is 1. The molecule has 0 radical (unpaired) electrons. The number of aromatic nitrogens is 2. The second-order valence-electron chi connectivity index (χ2n) is 5.84. The van der Waals surface area contributed by atoms with Gasteiger partial charge in [0.25, 0.3) is 17.5 Å². The van der Waals surface area contributed by atoms with Crippen molar-refractivity contribution in [3.05, 3.63) is 64.7 Å². The molecule has 0 fully saturated rings. The van der Waals surface area contributed by atoms with E-state index in [2.05, 4.69) is 15.5 Å². The molecule has 0 bridgehead atoms. The Morgan fingerprint density at radius 2 is 1.96 bits per heavy atom. The number of rotatable bonds is 4. The minimum Gasteiger partial charge on any atom is -0.366 e. The van der Waals surface area contributed by atoms with E-state index in [1.54, 1.807) is 37.3 Å². The van der Waals surface area contributed by atoms with E-state index in [1.807, 2.05) is 17.5 Å². The molecule has 27 heavy (non-hydrogen) atoms. The number of carbonyl (C=O) groups excluding carboxylic acids is 2. The number of amides is 2. The molecule has 0 aliphatic heterocycles. The number of pyridine rings is 1. The highest BCUT2D eigenvalue weighted by atomic mass is 32.1. The van der Waals surface area contributed by atoms with Gasteiger partial charge < -0.3 is 15.6 Å². The van der Waals surface area contributed by atoms with Gasteiger partial charge in [-0.3, -0.25) is 9.59 Å². The zero-order valence-corrected chi connectivity index (χ0v) is 15.0. The second kappa shape index (κ2) is 6.65. The zero-order chi connectivity index (χ0) is 19.0. The Morgan fingerprint density at radius 1 is 1.15 bits per heavy atom. The number of thiophene rings is 1. The van der Waals surface area contributed by atoms with E-state index in [0.29, 0.717) is 28.0 Å². The summed E-state index contributed by atoms with van der Waals surface area (Å²) in [7, 11) is 0. The number of nitrogens with zero attached hydrogens (tertiary/aromatic N) is 2. The molecule has 0 saturated heterocycles. The molecule has 2 amide bonds. The van der Waals surface area contributed by atoms with Crippen LogP contribution in [0.25, 0.3) is 21.7 Å². The Bertz CT molecular complexity index is 1170. The monoisotopic (exact) mass is 378 g/mol. The summed E-state index contributed by atoms with van der Waals surface area (Å²) in [5.74, 6) is -1.02. The Labute approximate surface area is 157 Å². The molecule has 4 aromatic rings. The number of hydrogen-bond donors (Lipinski definition) is 2. The summed E-state index contributed by atoms with van der Waals surface area (Å²) in [6.45, 7) is 1.74. The van der Waals surface area contributed by atoms with Crippen molar-refractivity contribution in [2.24, 2.45) is 5.73 Å². The second-order valence-corrected chi connectivity index (χ2v) is 6.79. The lowest BCUT2D eigenvalue weighted by Crippen LogP contribution is -2.18. The van der Waals surface area contributed by atoms with Gasteiger partial charge in [0.05, 0.1) is 38.5 Å². The van der Waals surface area contributed by atoms with Crippen molar-refractivity contribution < 1.29 is 14.1 Å². The van der Waals surface area contributed by atoms with Gasteiger partial charge in [-0.15, -0.1) is 11.3 Å². The molecule has 0 spiro atoms. The highest BCUT2D eigenvalue weighted by Gasteiger charge is 2.21. The fourth-order valence-corrected chi connectivity index (χ4v) is 3.51. The minimum absolute atomic E-state index is 0.233. The number of para-hydroxylation sites is 1. The zero-order valence-electron chi connectivity index (χ0n) is 14.2. The summed E-state index contributed by atoms with van der Waals surface area (Å²) in [5.41, 5.74) is 7.78. The average molecular weight is 378 g/mol. The van der Waals surface area contributed by atoms with Gasteiger partial charge in [0, 0.05) is 0 Å². The molecule has 1 aromatic carbocycles. The van der Waals surface area contributed by atoms with Crippen molar-refractivity contribution in [3.63, 3.8) is 0 Å². The van der Waals surface area contributed by atoms with Gasteiger partial charge >= 0.3 is 0 Å². The quantitative estimate of drug-likeness (QED) is 0.563. The van der Waals surface area contributed by atoms with Crippen molar-refractivity contribution in [1.82, 2.24) is 10.1 Å². The van der Waals surface area contributed by atoms with Gasteiger partial charge in [-0.1, -0.05) is 23.4 Å². The lowest BCUT2D eigenvalue weighted by atomic mass is 10.1.